The second-order valence-corrected chi connectivity index (χ2v) is 10.1. The highest BCUT2D eigenvalue weighted by atomic mass is 32.3. The average molecular weight is 395 g/mol. The Morgan fingerprint density at radius 1 is 0.808 bits per heavy atom. The van der Waals surface area contributed by atoms with Crippen molar-refractivity contribution in [1.29, 1.82) is 0 Å². The monoisotopic (exact) mass is 394 g/mol. The van der Waals surface area contributed by atoms with Crippen LogP contribution in [0.3, 0.4) is 0 Å². The third-order valence-electron chi connectivity index (χ3n) is 3.94. The highest BCUT2D eigenvalue weighted by molar-refractivity contribution is 8.02. The van der Waals surface area contributed by atoms with E-state index in [-0.39, 0.29) is 4.90 Å². The first kappa shape index (κ1) is 20.6. The number of rotatable bonds is 8. The molecule has 0 heterocycles. The SMILES string of the molecule is CCCCCNS(=O)(=NS(=O)(=O)c1ccc(C)cc1)c1ccc(C)cc1. The Morgan fingerprint density at radius 2 is 1.31 bits per heavy atom. The number of nitrogens with one attached hydrogen (secondary N) is 1. The molecule has 1 atom stereocenters. The van der Waals surface area contributed by atoms with E-state index in [0.717, 1.165) is 30.4 Å². The molecular weight excluding hydrogens is 368 g/mol. The minimum atomic E-state index is -4.05. The Hall–Kier alpha value is -1.70. The molecule has 1 unspecified atom stereocenters. The molecule has 0 spiro atoms. The molecule has 2 aromatic rings. The minimum absolute atomic E-state index is 0.0401. The van der Waals surface area contributed by atoms with E-state index in [4.69, 9.17) is 0 Å². The fraction of sp³-hybridized carbons (Fsp3) is 0.368. The molecule has 2 aromatic carbocycles. The fourth-order valence-corrected chi connectivity index (χ4v) is 5.93. The average Bonchev–Trinajstić information content (AvgIpc) is 2.59. The molecule has 7 heteroatoms. The summed E-state index contributed by atoms with van der Waals surface area (Å²) in [5.41, 5.74) is 1.95. The predicted molar refractivity (Wildman–Crippen MR) is 106 cm³/mol. The third-order valence-corrected chi connectivity index (χ3v) is 7.94. The number of sulfonamides is 1. The summed E-state index contributed by atoms with van der Waals surface area (Å²) in [6, 6.07) is 13.3. The van der Waals surface area contributed by atoms with E-state index in [1.54, 1.807) is 36.4 Å². The van der Waals surface area contributed by atoms with Gasteiger partial charge in [-0.15, -0.1) is 0 Å². The lowest BCUT2D eigenvalue weighted by atomic mass is 10.2. The standard InChI is InChI=1S/C19H26N2O3S2/c1-4-5-6-15-20-25(22,18-11-7-16(2)8-12-18)21-26(23,24)19-13-9-17(3)10-14-19/h7-14H,4-6,15H2,1-3H3,(H,20,21,22). The van der Waals surface area contributed by atoms with Crippen LogP contribution in [0.1, 0.15) is 37.3 Å². The van der Waals surface area contributed by atoms with Gasteiger partial charge in [0.1, 0.15) is 0 Å². The number of unbranched alkanes of at least 4 members (excludes halogenated alkanes) is 2. The number of benzene rings is 2. The van der Waals surface area contributed by atoms with Crippen molar-refractivity contribution in [3.05, 3.63) is 59.7 Å². The smallest absolute Gasteiger partial charge is 0.228 e. The molecule has 0 aliphatic heterocycles. The van der Waals surface area contributed by atoms with Gasteiger partial charge in [-0.3, -0.25) is 0 Å². The summed E-state index contributed by atoms with van der Waals surface area (Å²) in [4.78, 5) is 0.411. The summed E-state index contributed by atoms with van der Waals surface area (Å²) in [5, 5.41) is 0. The lowest BCUT2D eigenvalue weighted by molar-refractivity contribution is 0.597. The molecule has 0 saturated carbocycles. The van der Waals surface area contributed by atoms with Crippen LogP contribution in [0.2, 0.25) is 0 Å². The Kier molecular flexibility index (Phi) is 6.97. The van der Waals surface area contributed by atoms with Crippen LogP contribution in [0.5, 0.6) is 0 Å². The van der Waals surface area contributed by atoms with Crippen molar-refractivity contribution in [2.24, 2.45) is 3.77 Å². The Labute approximate surface area is 157 Å². The summed E-state index contributed by atoms with van der Waals surface area (Å²) in [5.74, 6) is 0. The molecule has 1 N–H and O–H groups in total. The topological polar surface area (TPSA) is 75.6 Å². The van der Waals surface area contributed by atoms with Gasteiger partial charge in [-0.25, -0.2) is 8.93 Å². The summed E-state index contributed by atoms with van der Waals surface area (Å²) < 4.78 is 45.6. The van der Waals surface area contributed by atoms with Crippen LogP contribution in [0, 0.1) is 13.8 Å². The minimum Gasteiger partial charge on any atom is -0.228 e. The lowest BCUT2D eigenvalue weighted by Crippen LogP contribution is -2.26. The molecular formula is C19H26N2O3S2. The summed E-state index contributed by atoms with van der Waals surface area (Å²) in [6.45, 7) is 6.30. The first-order valence-corrected chi connectivity index (χ1v) is 11.6. The van der Waals surface area contributed by atoms with Gasteiger partial charge in [0, 0.05) is 6.54 Å². The van der Waals surface area contributed by atoms with Crippen molar-refractivity contribution in [3.63, 3.8) is 0 Å². The molecule has 0 aliphatic carbocycles. The highest BCUT2D eigenvalue weighted by Crippen LogP contribution is 2.19. The van der Waals surface area contributed by atoms with Gasteiger partial charge in [-0.2, -0.15) is 8.42 Å². The van der Waals surface area contributed by atoms with Crippen LogP contribution < -0.4 is 4.72 Å². The van der Waals surface area contributed by atoms with Crippen molar-refractivity contribution in [2.75, 3.05) is 6.54 Å². The van der Waals surface area contributed by atoms with Gasteiger partial charge in [0.15, 0.2) is 9.92 Å². The molecule has 142 valence electrons. The number of nitrogens with zero attached hydrogens (tertiary/aromatic N) is 1. The molecule has 0 aromatic heterocycles. The van der Waals surface area contributed by atoms with Crippen molar-refractivity contribution < 1.29 is 12.6 Å². The molecule has 2 rings (SSSR count). The van der Waals surface area contributed by atoms with E-state index in [1.165, 1.54) is 12.1 Å². The largest absolute Gasteiger partial charge is 0.291 e. The molecule has 0 aliphatic rings. The molecule has 0 bridgehead atoms. The van der Waals surface area contributed by atoms with Crippen LogP contribution in [-0.2, 0) is 19.9 Å². The van der Waals surface area contributed by atoms with Gasteiger partial charge >= 0.3 is 0 Å². The van der Waals surface area contributed by atoms with Gasteiger partial charge in [-0.1, -0.05) is 58.9 Å². The lowest BCUT2D eigenvalue weighted by Gasteiger charge is -2.13. The first-order chi connectivity index (χ1) is 12.3. The molecule has 0 fully saturated rings. The quantitative estimate of drug-likeness (QED) is 0.681. The molecule has 0 amide bonds. The zero-order valence-corrected chi connectivity index (χ0v) is 17.1. The van der Waals surface area contributed by atoms with E-state index in [1.807, 2.05) is 13.8 Å². The van der Waals surface area contributed by atoms with E-state index in [0.29, 0.717) is 11.4 Å². The molecule has 0 saturated heterocycles. The molecule has 26 heavy (non-hydrogen) atoms. The van der Waals surface area contributed by atoms with E-state index >= 15 is 0 Å². The maximum Gasteiger partial charge on any atom is 0.291 e. The second-order valence-electron chi connectivity index (χ2n) is 6.30. The Balaban J connectivity index is 2.47. The normalized spacial score (nSPS) is 14.0. The fourth-order valence-electron chi connectivity index (χ4n) is 2.35. The third kappa shape index (κ3) is 5.40. The summed E-state index contributed by atoms with van der Waals surface area (Å²) in [6.07, 6.45) is 2.80. The maximum atomic E-state index is 13.5. The Bertz CT molecular complexity index is 941. The van der Waals surface area contributed by atoms with Gasteiger partial charge in [-0.05, 0) is 44.5 Å². The van der Waals surface area contributed by atoms with Gasteiger partial charge in [0.05, 0.1) is 9.79 Å². The highest BCUT2D eigenvalue weighted by Gasteiger charge is 2.20. The van der Waals surface area contributed by atoms with Gasteiger partial charge in [0.25, 0.3) is 10.0 Å². The van der Waals surface area contributed by atoms with Crippen molar-refractivity contribution in [3.8, 4) is 0 Å². The number of hydrogen-bond donors (Lipinski definition) is 1. The zero-order chi connectivity index (χ0) is 19.2. The number of aryl methyl sites for hydroxylation is 2. The maximum absolute atomic E-state index is 13.5. The van der Waals surface area contributed by atoms with Crippen LogP contribution >= 0.6 is 0 Å². The first-order valence-electron chi connectivity index (χ1n) is 8.68. The summed E-state index contributed by atoms with van der Waals surface area (Å²) in [7, 11) is -7.34. The van der Waals surface area contributed by atoms with Crippen LogP contribution in [0.25, 0.3) is 0 Å². The van der Waals surface area contributed by atoms with Crippen LogP contribution in [0.4, 0.5) is 0 Å². The second kappa shape index (κ2) is 8.79. The zero-order valence-electron chi connectivity index (χ0n) is 15.4. The molecule has 0 radical (unpaired) electrons. The van der Waals surface area contributed by atoms with Crippen molar-refractivity contribution >= 4 is 19.9 Å². The van der Waals surface area contributed by atoms with Crippen molar-refractivity contribution in [2.45, 2.75) is 49.8 Å². The van der Waals surface area contributed by atoms with E-state index in [9.17, 15) is 12.6 Å². The number of hydrogen-bond acceptors (Lipinski definition) is 3. The van der Waals surface area contributed by atoms with Crippen LogP contribution in [0.15, 0.2) is 62.1 Å². The van der Waals surface area contributed by atoms with Crippen LogP contribution in [-0.4, -0.2) is 19.2 Å². The predicted octanol–water partition coefficient (Wildman–Crippen LogP) is 4.21. The summed E-state index contributed by atoms with van der Waals surface area (Å²) >= 11 is 0. The van der Waals surface area contributed by atoms with E-state index in [2.05, 4.69) is 15.4 Å². The molecule has 5 nitrogen and oxygen atoms in total. The van der Waals surface area contributed by atoms with Crippen molar-refractivity contribution in [1.82, 2.24) is 4.72 Å². The van der Waals surface area contributed by atoms with E-state index < -0.39 is 19.9 Å². The van der Waals surface area contributed by atoms with Gasteiger partial charge < -0.3 is 0 Å². The Morgan fingerprint density at radius 3 is 1.81 bits per heavy atom. The van der Waals surface area contributed by atoms with Gasteiger partial charge in [0.2, 0.25) is 0 Å².